The molecule has 0 aliphatic carbocycles. The van der Waals surface area contributed by atoms with Crippen molar-refractivity contribution in [3.8, 4) is 5.75 Å². The maximum absolute atomic E-state index is 12.2. The van der Waals surface area contributed by atoms with Crippen molar-refractivity contribution in [3.05, 3.63) is 47.1 Å². The fraction of sp³-hybridized carbons (Fsp3) is 0.500. The highest BCUT2D eigenvalue weighted by Gasteiger charge is 2.32. The number of halogens is 1. The van der Waals surface area contributed by atoms with Crippen molar-refractivity contribution in [2.75, 3.05) is 30.8 Å². The Morgan fingerprint density at radius 3 is 2.90 bits per heavy atom. The summed E-state index contributed by atoms with van der Waals surface area (Å²) in [5.41, 5.74) is 1.60. The molecule has 2 unspecified atom stereocenters. The molecule has 7 heteroatoms. The lowest BCUT2D eigenvalue weighted by atomic mass is 9.85. The molecule has 4 rings (SSSR count). The van der Waals surface area contributed by atoms with Crippen LogP contribution in [0.3, 0.4) is 0 Å². The van der Waals surface area contributed by atoms with Gasteiger partial charge in [0.05, 0.1) is 16.9 Å². The van der Waals surface area contributed by atoms with Crippen LogP contribution in [0.1, 0.15) is 37.7 Å². The minimum absolute atomic E-state index is 0.0584. The van der Waals surface area contributed by atoms with Gasteiger partial charge in [-0.05, 0) is 87.5 Å². The van der Waals surface area contributed by atoms with E-state index in [1.807, 2.05) is 36.9 Å². The first kappa shape index (κ1) is 22.4. The summed E-state index contributed by atoms with van der Waals surface area (Å²) in [7, 11) is 0. The summed E-state index contributed by atoms with van der Waals surface area (Å²) < 4.78 is 5.55. The van der Waals surface area contributed by atoms with E-state index in [4.69, 9.17) is 16.3 Å². The third-order valence-electron chi connectivity index (χ3n) is 6.19. The van der Waals surface area contributed by atoms with Crippen molar-refractivity contribution in [2.24, 2.45) is 5.92 Å². The van der Waals surface area contributed by atoms with Crippen molar-refractivity contribution >= 4 is 35.0 Å². The van der Waals surface area contributed by atoms with Gasteiger partial charge in [0.15, 0.2) is 6.61 Å². The largest absolute Gasteiger partial charge is 0.484 e. The third-order valence-corrected chi connectivity index (χ3v) is 7.75. The number of carbonyl (C=O) groups excluding carboxylic acids is 1. The Bertz CT molecular complexity index is 891. The number of aryl methyl sites for hydroxylation is 1. The predicted octanol–water partition coefficient (Wildman–Crippen LogP) is 5.42. The van der Waals surface area contributed by atoms with Gasteiger partial charge in [-0.25, -0.2) is 4.98 Å². The van der Waals surface area contributed by atoms with Crippen LogP contribution >= 0.6 is 23.4 Å². The van der Waals surface area contributed by atoms with E-state index in [2.05, 4.69) is 15.2 Å². The molecule has 0 spiro atoms. The van der Waals surface area contributed by atoms with Crippen molar-refractivity contribution in [3.63, 3.8) is 0 Å². The summed E-state index contributed by atoms with van der Waals surface area (Å²) in [6, 6.07) is 10.0. The average Bonchev–Trinajstić information content (AvgIpc) is 2.79. The summed E-state index contributed by atoms with van der Waals surface area (Å²) in [4.78, 5) is 19.4. The molecule has 0 radical (unpaired) electrons. The molecule has 2 aliphatic rings. The van der Waals surface area contributed by atoms with E-state index in [9.17, 15) is 4.79 Å². The second-order valence-corrected chi connectivity index (χ2v) is 9.89. The quantitative estimate of drug-likeness (QED) is 0.560. The maximum atomic E-state index is 12.2. The summed E-state index contributed by atoms with van der Waals surface area (Å²) in [5.74, 6) is 2.29. The first-order valence-electron chi connectivity index (χ1n) is 11.1. The minimum Gasteiger partial charge on any atom is -0.484 e. The summed E-state index contributed by atoms with van der Waals surface area (Å²) in [6.07, 6.45) is 8.45. The summed E-state index contributed by atoms with van der Waals surface area (Å²) in [5, 5.41) is 4.53. The zero-order chi connectivity index (χ0) is 21.6. The Morgan fingerprint density at radius 1 is 1.23 bits per heavy atom. The van der Waals surface area contributed by atoms with Crippen LogP contribution in [0.15, 0.2) is 41.6 Å². The normalized spacial score (nSPS) is 21.4. The molecule has 3 heterocycles. The van der Waals surface area contributed by atoms with Gasteiger partial charge in [0, 0.05) is 16.8 Å². The predicted molar refractivity (Wildman–Crippen MR) is 127 cm³/mol. The lowest BCUT2D eigenvalue weighted by Crippen LogP contribution is -2.48. The van der Waals surface area contributed by atoms with Gasteiger partial charge in [0.25, 0.3) is 5.91 Å². The molecule has 0 bridgehead atoms. The van der Waals surface area contributed by atoms with E-state index >= 15 is 0 Å². The molecule has 2 fully saturated rings. The number of ether oxygens (including phenoxy) is 1. The number of thioether (sulfide) groups is 1. The molecule has 1 N–H and O–H groups in total. The number of amides is 1. The molecule has 0 saturated carbocycles. The van der Waals surface area contributed by atoms with Crippen LogP contribution in [-0.4, -0.2) is 47.3 Å². The van der Waals surface area contributed by atoms with Gasteiger partial charge >= 0.3 is 0 Å². The minimum atomic E-state index is -0.214. The van der Waals surface area contributed by atoms with E-state index < -0.39 is 0 Å². The Labute approximate surface area is 193 Å². The maximum Gasteiger partial charge on any atom is 0.262 e. The fourth-order valence-electron chi connectivity index (χ4n) is 4.56. The van der Waals surface area contributed by atoms with Gasteiger partial charge in [0.1, 0.15) is 5.75 Å². The summed E-state index contributed by atoms with van der Waals surface area (Å²) in [6.45, 7) is 4.40. The standard InChI is InChI=1S/C24H30ClN3O2S/c1-17-13-20(8-9-21(17)25)30-15-23(29)27-19-7-10-24(26-14-19)31-16-18-5-4-12-28-11-3-2-6-22(18)28/h7-10,13-14,18,22H,2-6,11-12,15-16H2,1H3,(H,27,29). The number of rotatable bonds is 7. The third kappa shape index (κ3) is 6.15. The fourth-order valence-corrected chi connectivity index (χ4v) is 5.74. The first-order chi connectivity index (χ1) is 15.1. The van der Waals surface area contributed by atoms with Crippen LogP contribution in [0.5, 0.6) is 5.75 Å². The number of benzene rings is 1. The molecule has 1 aromatic heterocycles. The number of carbonyl (C=O) groups is 1. The smallest absolute Gasteiger partial charge is 0.262 e. The molecule has 5 nitrogen and oxygen atoms in total. The summed E-state index contributed by atoms with van der Waals surface area (Å²) >= 11 is 7.85. The number of anilines is 1. The Hall–Kier alpha value is -1.76. The van der Waals surface area contributed by atoms with Crippen LogP contribution in [-0.2, 0) is 4.79 Å². The van der Waals surface area contributed by atoms with E-state index in [0.717, 1.165) is 28.3 Å². The number of aromatic nitrogens is 1. The van der Waals surface area contributed by atoms with Crippen molar-refractivity contribution in [2.45, 2.75) is 50.1 Å². The molecular weight excluding hydrogens is 430 g/mol. The van der Waals surface area contributed by atoms with Gasteiger partial charge < -0.3 is 15.0 Å². The number of fused-ring (bicyclic) bond motifs is 1. The van der Waals surface area contributed by atoms with Crippen LogP contribution in [0.4, 0.5) is 5.69 Å². The molecule has 2 aromatic rings. The monoisotopic (exact) mass is 459 g/mol. The van der Waals surface area contributed by atoms with Crippen molar-refractivity contribution < 1.29 is 9.53 Å². The highest BCUT2D eigenvalue weighted by molar-refractivity contribution is 7.99. The molecule has 2 atom stereocenters. The second kappa shape index (κ2) is 10.7. The molecule has 2 aliphatic heterocycles. The molecule has 1 amide bonds. The van der Waals surface area contributed by atoms with Crippen LogP contribution in [0.2, 0.25) is 5.02 Å². The lowest BCUT2D eigenvalue weighted by Gasteiger charge is -2.44. The van der Waals surface area contributed by atoms with Crippen molar-refractivity contribution in [1.82, 2.24) is 9.88 Å². The van der Waals surface area contributed by atoms with E-state index in [1.54, 1.807) is 18.3 Å². The van der Waals surface area contributed by atoms with Crippen molar-refractivity contribution in [1.29, 1.82) is 0 Å². The van der Waals surface area contributed by atoms with Gasteiger partial charge in [-0.2, -0.15) is 0 Å². The molecule has 1 aromatic carbocycles. The SMILES string of the molecule is Cc1cc(OCC(=O)Nc2ccc(SCC3CCCN4CCCCC34)nc2)ccc1Cl. The van der Waals surface area contributed by atoms with E-state index in [1.165, 1.54) is 45.2 Å². The first-order valence-corrected chi connectivity index (χ1v) is 12.5. The number of nitrogens with zero attached hydrogens (tertiary/aromatic N) is 2. The highest BCUT2D eigenvalue weighted by Crippen LogP contribution is 2.34. The van der Waals surface area contributed by atoms with E-state index in [0.29, 0.717) is 16.5 Å². The number of pyridine rings is 1. The zero-order valence-electron chi connectivity index (χ0n) is 18.0. The van der Waals surface area contributed by atoms with Crippen LogP contribution in [0.25, 0.3) is 0 Å². The van der Waals surface area contributed by atoms with Crippen LogP contribution in [0, 0.1) is 12.8 Å². The molecule has 166 valence electrons. The number of hydrogen-bond donors (Lipinski definition) is 1. The second-order valence-electron chi connectivity index (χ2n) is 8.45. The molecule has 2 saturated heterocycles. The van der Waals surface area contributed by atoms with Crippen LogP contribution < -0.4 is 10.1 Å². The molecule has 31 heavy (non-hydrogen) atoms. The number of nitrogens with one attached hydrogen (secondary N) is 1. The number of hydrogen-bond acceptors (Lipinski definition) is 5. The number of piperidine rings is 2. The Kier molecular flexibility index (Phi) is 7.75. The topological polar surface area (TPSA) is 54.5 Å². The van der Waals surface area contributed by atoms with E-state index in [-0.39, 0.29) is 12.5 Å². The lowest BCUT2D eigenvalue weighted by molar-refractivity contribution is -0.118. The Morgan fingerprint density at radius 2 is 2.10 bits per heavy atom. The zero-order valence-corrected chi connectivity index (χ0v) is 19.6. The Balaban J connectivity index is 1.23. The van der Waals surface area contributed by atoms with Gasteiger partial charge in [-0.15, -0.1) is 11.8 Å². The van der Waals surface area contributed by atoms with Gasteiger partial charge in [0.2, 0.25) is 0 Å². The molecular formula is C24H30ClN3O2S. The van der Waals surface area contributed by atoms with Gasteiger partial charge in [-0.3, -0.25) is 4.79 Å². The van der Waals surface area contributed by atoms with Gasteiger partial charge in [-0.1, -0.05) is 18.0 Å². The highest BCUT2D eigenvalue weighted by atomic mass is 35.5. The average molecular weight is 460 g/mol.